The number of rotatable bonds is 6. The van der Waals surface area contributed by atoms with Gasteiger partial charge in [0.1, 0.15) is 5.71 Å². The van der Waals surface area contributed by atoms with Crippen molar-refractivity contribution in [1.29, 1.82) is 0 Å². The highest BCUT2D eigenvalue weighted by Crippen LogP contribution is 2.31. The lowest BCUT2D eigenvalue weighted by atomic mass is 9.81. The summed E-state index contributed by atoms with van der Waals surface area (Å²) >= 11 is 0. The highest BCUT2D eigenvalue weighted by atomic mass is 16.5. The minimum absolute atomic E-state index is 0.157. The van der Waals surface area contributed by atoms with Gasteiger partial charge in [-0.25, -0.2) is 4.99 Å². The molecule has 1 heterocycles. The molecule has 0 amide bonds. The molecule has 0 fully saturated rings. The summed E-state index contributed by atoms with van der Waals surface area (Å²) in [6.45, 7) is 7.78. The minimum atomic E-state index is -0.390. The van der Waals surface area contributed by atoms with Crippen LogP contribution in [0.15, 0.2) is 45.7 Å². The second-order valence-electron chi connectivity index (χ2n) is 5.99. The second-order valence-corrected chi connectivity index (χ2v) is 5.99. The van der Waals surface area contributed by atoms with Crippen LogP contribution in [-0.4, -0.2) is 34.7 Å². The Morgan fingerprint density at radius 2 is 2.08 bits per heavy atom. The second kappa shape index (κ2) is 7.40. The van der Waals surface area contributed by atoms with Crippen molar-refractivity contribution >= 4 is 5.71 Å². The van der Waals surface area contributed by atoms with E-state index in [0.29, 0.717) is 23.3 Å². The summed E-state index contributed by atoms with van der Waals surface area (Å²) in [5.41, 5.74) is 2.45. The van der Waals surface area contributed by atoms with Crippen LogP contribution in [0.3, 0.4) is 0 Å². The number of ether oxygens (including phenoxy) is 1. The molecule has 6 nitrogen and oxygen atoms in total. The highest BCUT2D eigenvalue weighted by molar-refractivity contribution is 5.95. The molecule has 1 aromatic heterocycles. The first-order valence-electron chi connectivity index (χ1n) is 7.71. The number of hydrogen-bond acceptors (Lipinski definition) is 6. The van der Waals surface area contributed by atoms with Crippen molar-refractivity contribution in [2.24, 2.45) is 4.99 Å². The van der Waals surface area contributed by atoms with Gasteiger partial charge in [0.05, 0.1) is 19.1 Å². The first-order chi connectivity index (χ1) is 11.4. The molecular weight excluding hydrogens is 306 g/mol. The molecule has 1 N–H and O–H groups in total. The average molecular weight is 329 g/mol. The molecule has 0 saturated carbocycles. The van der Waals surface area contributed by atoms with Crippen LogP contribution in [-0.2, 0) is 10.2 Å². The lowest BCUT2D eigenvalue weighted by Gasteiger charge is -2.23. The average Bonchev–Trinajstić information content (AvgIpc) is 3.05. The number of aliphatic imine (C=N–C) groups is 1. The van der Waals surface area contributed by atoms with Gasteiger partial charge < -0.3 is 14.4 Å². The fourth-order valence-corrected chi connectivity index (χ4v) is 2.48. The number of hydrogen-bond donors (Lipinski definition) is 1. The number of aliphatic hydroxyl groups is 1. The van der Waals surface area contributed by atoms with Gasteiger partial charge in [-0.05, 0) is 38.8 Å². The summed E-state index contributed by atoms with van der Waals surface area (Å²) in [6, 6.07) is 8.14. The molecular formula is C18H23N3O3. The lowest BCUT2D eigenvalue weighted by Crippen LogP contribution is -2.22. The number of aromatic nitrogens is 2. The number of benzene rings is 1. The largest absolute Gasteiger partial charge is 0.481 e. The monoisotopic (exact) mass is 329 g/mol. The van der Waals surface area contributed by atoms with Crippen LogP contribution >= 0.6 is 0 Å². The third kappa shape index (κ3) is 3.71. The van der Waals surface area contributed by atoms with Crippen LogP contribution < -0.4 is 0 Å². The van der Waals surface area contributed by atoms with Gasteiger partial charge in [0, 0.05) is 6.08 Å². The Morgan fingerprint density at radius 1 is 1.38 bits per heavy atom. The van der Waals surface area contributed by atoms with E-state index in [1.165, 1.54) is 18.7 Å². The van der Waals surface area contributed by atoms with Crippen LogP contribution in [0, 0.1) is 6.92 Å². The Hall–Kier alpha value is -2.47. The molecule has 0 aliphatic heterocycles. The van der Waals surface area contributed by atoms with Crippen molar-refractivity contribution in [3.05, 3.63) is 59.1 Å². The smallest absolute Gasteiger partial charge is 0.272 e. The van der Waals surface area contributed by atoms with E-state index in [0.717, 1.165) is 5.56 Å². The van der Waals surface area contributed by atoms with Gasteiger partial charge in [0.2, 0.25) is 5.88 Å². The number of nitrogens with zero attached hydrogens (tertiary/aromatic N) is 3. The fourth-order valence-electron chi connectivity index (χ4n) is 2.48. The van der Waals surface area contributed by atoms with E-state index in [1.807, 2.05) is 12.1 Å². The topological polar surface area (TPSA) is 80.7 Å². The summed E-state index contributed by atoms with van der Waals surface area (Å²) in [4.78, 5) is 8.73. The molecule has 0 saturated heterocycles. The Kier molecular flexibility index (Phi) is 5.51. The van der Waals surface area contributed by atoms with Gasteiger partial charge in [-0.1, -0.05) is 29.4 Å². The zero-order chi connectivity index (χ0) is 17.7. The van der Waals surface area contributed by atoms with Crippen molar-refractivity contribution in [3.8, 4) is 0 Å². The van der Waals surface area contributed by atoms with Crippen molar-refractivity contribution in [1.82, 2.24) is 10.1 Å². The molecule has 0 unspecified atom stereocenters. The summed E-state index contributed by atoms with van der Waals surface area (Å²) in [5, 5.41) is 13.1. The van der Waals surface area contributed by atoms with Gasteiger partial charge in [-0.3, -0.25) is 0 Å². The summed E-state index contributed by atoms with van der Waals surface area (Å²) in [6.07, 6.45) is 1.46. The predicted octanol–water partition coefficient (Wildman–Crippen LogP) is 2.99. The summed E-state index contributed by atoms with van der Waals surface area (Å²) in [5.74, 6) is 1.21. The Bertz CT molecular complexity index is 760. The van der Waals surface area contributed by atoms with Crippen molar-refractivity contribution in [3.63, 3.8) is 0 Å². The van der Waals surface area contributed by atoms with Gasteiger partial charge in [0.15, 0.2) is 5.82 Å². The SMILES string of the molecule is COC(=C/CO)/N=C(\C)c1nc(C(C)(C)c2ccccc2C)no1. The number of methoxy groups -OCH3 is 1. The number of aryl methyl sites for hydroxylation is 1. The Labute approximate surface area is 141 Å². The maximum absolute atomic E-state index is 8.94. The van der Waals surface area contributed by atoms with Crippen molar-refractivity contribution in [2.75, 3.05) is 13.7 Å². The van der Waals surface area contributed by atoms with E-state index in [1.54, 1.807) is 6.92 Å². The van der Waals surface area contributed by atoms with Gasteiger partial charge in [0.25, 0.3) is 5.89 Å². The maximum atomic E-state index is 8.94. The highest BCUT2D eigenvalue weighted by Gasteiger charge is 2.30. The summed E-state index contributed by atoms with van der Waals surface area (Å²) in [7, 11) is 1.48. The fraction of sp³-hybridized carbons (Fsp3) is 0.389. The molecule has 0 aliphatic rings. The van der Waals surface area contributed by atoms with E-state index >= 15 is 0 Å². The van der Waals surface area contributed by atoms with Gasteiger partial charge in [-0.2, -0.15) is 4.98 Å². The molecule has 24 heavy (non-hydrogen) atoms. The van der Waals surface area contributed by atoms with E-state index < -0.39 is 5.41 Å². The standard InChI is InChI=1S/C18H23N3O3/c1-12-8-6-7-9-14(12)18(3,4)17-20-16(24-21-17)13(2)19-15(23-5)10-11-22/h6-10,22H,11H2,1-5H3/b15-10+,19-13+. The van der Waals surface area contributed by atoms with E-state index in [9.17, 15) is 0 Å². The van der Waals surface area contributed by atoms with Gasteiger partial charge >= 0.3 is 0 Å². The predicted molar refractivity (Wildman–Crippen MR) is 92.0 cm³/mol. The first kappa shape index (κ1) is 17.9. The van der Waals surface area contributed by atoms with E-state index in [2.05, 4.69) is 48.0 Å². The third-order valence-electron chi connectivity index (χ3n) is 3.87. The van der Waals surface area contributed by atoms with Crippen molar-refractivity contribution in [2.45, 2.75) is 33.1 Å². The molecule has 128 valence electrons. The molecule has 0 atom stereocenters. The Morgan fingerprint density at radius 3 is 2.71 bits per heavy atom. The minimum Gasteiger partial charge on any atom is -0.481 e. The molecule has 0 aliphatic carbocycles. The molecule has 0 radical (unpaired) electrons. The normalized spacial score (nSPS) is 13.2. The van der Waals surface area contributed by atoms with Crippen LogP contribution in [0.4, 0.5) is 0 Å². The van der Waals surface area contributed by atoms with Crippen LogP contribution in [0.5, 0.6) is 0 Å². The van der Waals surface area contributed by atoms with Crippen LogP contribution in [0.1, 0.15) is 43.6 Å². The first-order valence-corrected chi connectivity index (χ1v) is 7.71. The van der Waals surface area contributed by atoms with E-state index in [-0.39, 0.29) is 6.61 Å². The molecule has 2 rings (SSSR count). The zero-order valence-electron chi connectivity index (χ0n) is 14.7. The zero-order valence-corrected chi connectivity index (χ0v) is 14.7. The maximum Gasteiger partial charge on any atom is 0.272 e. The van der Waals surface area contributed by atoms with E-state index in [4.69, 9.17) is 14.4 Å². The third-order valence-corrected chi connectivity index (χ3v) is 3.87. The molecule has 2 aromatic rings. The van der Waals surface area contributed by atoms with Crippen LogP contribution in [0.25, 0.3) is 0 Å². The molecule has 0 spiro atoms. The van der Waals surface area contributed by atoms with Crippen LogP contribution in [0.2, 0.25) is 0 Å². The number of aliphatic hydroxyl groups excluding tert-OH is 1. The lowest BCUT2D eigenvalue weighted by molar-refractivity contribution is 0.275. The van der Waals surface area contributed by atoms with Crippen molar-refractivity contribution < 1.29 is 14.4 Å². The molecule has 1 aromatic carbocycles. The summed E-state index contributed by atoms with van der Waals surface area (Å²) < 4.78 is 10.4. The molecule has 6 heteroatoms. The van der Waals surface area contributed by atoms with Gasteiger partial charge in [-0.15, -0.1) is 0 Å². The quantitative estimate of drug-likeness (QED) is 0.651. The molecule has 0 bridgehead atoms. The Balaban J connectivity index is 2.35.